The second kappa shape index (κ2) is 6.03. The van der Waals surface area contributed by atoms with Gasteiger partial charge in [0.15, 0.2) is 0 Å². The average molecular weight is 313 g/mol. The zero-order chi connectivity index (χ0) is 15.6. The number of aliphatic carboxylic acids is 1. The first-order valence-corrected chi connectivity index (χ1v) is 8.21. The quantitative estimate of drug-likeness (QED) is 0.860. The monoisotopic (exact) mass is 313 g/mol. The third-order valence-corrected chi connectivity index (χ3v) is 5.30. The molecule has 1 fully saturated rings. The van der Waals surface area contributed by atoms with Crippen LogP contribution < -0.4 is 9.46 Å². The Morgan fingerprint density at radius 1 is 1.38 bits per heavy atom. The molecule has 116 valence electrons. The number of ether oxygens (including phenoxy) is 1. The molecule has 0 amide bonds. The van der Waals surface area contributed by atoms with Gasteiger partial charge in [-0.2, -0.15) is 0 Å². The molecule has 1 saturated carbocycles. The molecule has 0 heterocycles. The first kappa shape index (κ1) is 15.8. The summed E-state index contributed by atoms with van der Waals surface area (Å²) in [6, 6.07) is 4.32. The van der Waals surface area contributed by atoms with Gasteiger partial charge in [-0.05, 0) is 49.9 Å². The van der Waals surface area contributed by atoms with Crippen molar-refractivity contribution < 1.29 is 23.1 Å². The fourth-order valence-corrected chi connectivity index (χ4v) is 3.99. The number of methoxy groups -OCH3 is 1. The van der Waals surface area contributed by atoms with Crippen molar-refractivity contribution in [3.8, 4) is 5.75 Å². The van der Waals surface area contributed by atoms with Crippen LogP contribution in [0.5, 0.6) is 5.75 Å². The van der Waals surface area contributed by atoms with Crippen molar-refractivity contribution in [1.82, 2.24) is 4.72 Å². The van der Waals surface area contributed by atoms with E-state index in [9.17, 15) is 13.2 Å². The predicted octanol–water partition coefficient (Wildman–Crippen LogP) is 1.54. The number of carboxylic acid groups (broad SMARTS) is 1. The highest BCUT2D eigenvalue weighted by molar-refractivity contribution is 7.89. The zero-order valence-corrected chi connectivity index (χ0v) is 12.8. The maximum atomic E-state index is 12.3. The maximum absolute atomic E-state index is 12.3. The van der Waals surface area contributed by atoms with Gasteiger partial charge in [0.1, 0.15) is 5.75 Å². The number of rotatable bonds is 5. The van der Waals surface area contributed by atoms with Gasteiger partial charge >= 0.3 is 5.97 Å². The Balaban J connectivity index is 2.12. The van der Waals surface area contributed by atoms with Crippen LogP contribution >= 0.6 is 0 Å². The lowest BCUT2D eigenvalue weighted by atomic mass is 10.1. The highest BCUT2D eigenvalue weighted by Crippen LogP contribution is 2.28. The van der Waals surface area contributed by atoms with Crippen LogP contribution in [0.4, 0.5) is 0 Å². The first-order chi connectivity index (χ1) is 9.83. The van der Waals surface area contributed by atoms with E-state index < -0.39 is 21.9 Å². The van der Waals surface area contributed by atoms with Crippen LogP contribution in [-0.4, -0.2) is 32.6 Å². The summed E-state index contributed by atoms with van der Waals surface area (Å²) in [5.41, 5.74) is 0.732. The van der Waals surface area contributed by atoms with Crippen molar-refractivity contribution in [3.63, 3.8) is 0 Å². The maximum Gasteiger partial charge on any atom is 0.306 e. The van der Waals surface area contributed by atoms with Gasteiger partial charge in [0.2, 0.25) is 10.0 Å². The van der Waals surface area contributed by atoms with Crippen molar-refractivity contribution in [3.05, 3.63) is 23.8 Å². The summed E-state index contributed by atoms with van der Waals surface area (Å²) in [4.78, 5) is 11.1. The zero-order valence-electron chi connectivity index (χ0n) is 12.0. The summed E-state index contributed by atoms with van der Waals surface area (Å²) >= 11 is 0. The van der Waals surface area contributed by atoms with Gasteiger partial charge in [-0.1, -0.05) is 0 Å². The number of benzene rings is 1. The molecule has 1 aromatic rings. The number of nitrogens with one attached hydrogen (secondary N) is 1. The van der Waals surface area contributed by atoms with Crippen molar-refractivity contribution in [2.24, 2.45) is 5.92 Å². The van der Waals surface area contributed by atoms with Crippen LogP contribution in [0.2, 0.25) is 0 Å². The van der Waals surface area contributed by atoms with E-state index in [0.29, 0.717) is 25.0 Å². The Morgan fingerprint density at radius 2 is 2.10 bits per heavy atom. The van der Waals surface area contributed by atoms with Crippen molar-refractivity contribution in [2.75, 3.05) is 7.11 Å². The van der Waals surface area contributed by atoms with Gasteiger partial charge in [-0.15, -0.1) is 0 Å². The molecule has 1 aromatic carbocycles. The molecule has 2 atom stereocenters. The van der Waals surface area contributed by atoms with E-state index in [4.69, 9.17) is 9.84 Å². The minimum absolute atomic E-state index is 0.166. The van der Waals surface area contributed by atoms with Gasteiger partial charge in [0.05, 0.1) is 17.9 Å². The number of aryl methyl sites for hydroxylation is 1. The summed E-state index contributed by atoms with van der Waals surface area (Å²) in [5.74, 6) is -0.701. The summed E-state index contributed by atoms with van der Waals surface area (Å²) in [5, 5.41) is 8.95. The molecule has 7 heteroatoms. The van der Waals surface area contributed by atoms with E-state index in [1.165, 1.54) is 13.2 Å². The van der Waals surface area contributed by atoms with Crippen LogP contribution in [0.3, 0.4) is 0 Å². The summed E-state index contributed by atoms with van der Waals surface area (Å²) in [6.45, 7) is 1.77. The van der Waals surface area contributed by atoms with Gasteiger partial charge in [0, 0.05) is 6.04 Å². The summed E-state index contributed by atoms with van der Waals surface area (Å²) in [7, 11) is -2.11. The van der Waals surface area contributed by atoms with Crippen molar-refractivity contribution >= 4 is 16.0 Å². The molecule has 2 rings (SSSR count). The Labute approximate surface area is 124 Å². The molecule has 6 nitrogen and oxygen atoms in total. The minimum Gasteiger partial charge on any atom is -0.496 e. The molecule has 0 aromatic heterocycles. The molecule has 1 aliphatic rings. The van der Waals surface area contributed by atoms with E-state index >= 15 is 0 Å². The smallest absolute Gasteiger partial charge is 0.306 e. The number of hydrogen-bond acceptors (Lipinski definition) is 4. The average Bonchev–Trinajstić information content (AvgIpc) is 2.86. The largest absolute Gasteiger partial charge is 0.496 e. The molecule has 2 unspecified atom stereocenters. The number of hydrogen-bond donors (Lipinski definition) is 2. The minimum atomic E-state index is -3.64. The fraction of sp³-hybridized carbons (Fsp3) is 0.500. The van der Waals surface area contributed by atoms with E-state index in [-0.39, 0.29) is 10.9 Å². The Kier molecular flexibility index (Phi) is 4.53. The fourth-order valence-electron chi connectivity index (χ4n) is 2.62. The van der Waals surface area contributed by atoms with Gasteiger partial charge in [0.25, 0.3) is 0 Å². The van der Waals surface area contributed by atoms with E-state index in [1.807, 2.05) is 0 Å². The normalized spacial score (nSPS) is 22.2. The molecular formula is C14H19NO5S. The Bertz CT molecular complexity index is 641. The van der Waals surface area contributed by atoms with Crippen LogP contribution in [0, 0.1) is 12.8 Å². The molecule has 0 radical (unpaired) electrons. The molecular weight excluding hydrogens is 294 g/mol. The van der Waals surface area contributed by atoms with Crippen LogP contribution in [-0.2, 0) is 14.8 Å². The van der Waals surface area contributed by atoms with Crippen LogP contribution in [0.1, 0.15) is 24.8 Å². The van der Waals surface area contributed by atoms with Gasteiger partial charge in [-0.25, -0.2) is 13.1 Å². The van der Waals surface area contributed by atoms with Crippen molar-refractivity contribution in [1.29, 1.82) is 0 Å². The van der Waals surface area contributed by atoms with E-state index in [2.05, 4.69) is 4.72 Å². The molecule has 0 spiro atoms. The number of carboxylic acids is 1. The van der Waals surface area contributed by atoms with Crippen molar-refractivity contribution in [2.45, 2.75) is 37.1 Å². The molecule has 1 aliphatic carbocycles. The Hall–Kier alpha value is -1.60. The molecule has 2 N–H and O–H groups in total. The topological polar surface area (TPSA) is 92.7 Å². The second-order valence-corrected chi connectivity index (χ2v) is 7.01. The van der Waals surface area contributed by atoms with E-state index in [0.717, 1.165) is 5.56 Å². The third kappa shape index (κ3) is 3.54. The molecule has 21 heavy (non-hydrogen) atoms. The van der Waals surface area contributed by atoms with Crippen LogP contribution in [0.25, 0.3) is 0 Å². The second-order valence-electron chi connectivity index (χ2n) is 5.30. The number of carbonyl (C=O) groups is 1. The summed E-state index contributed by atoms with van der Waals surface area (Å²) in [6.07, 6.45) is 1.39. The lowest BCUT2D eigenvalue weighted by molar-refractivity contribution is -0.141. The Morgan fingerprint density at radius 3 is 2.62 bits per heavy atom. The van der Waals surface area contributed by atoms with Crippen LogP contribution in [0.15, 0.2) is 23.1 Å². The highest BCUT2D eigenvalue weighted by Gasteiger charge is 2.32. The number of sulfonamides is 1. The lowest BCUT2D eigenvalue weighted by Gasteiger charge is -2.14. The predicted molar refractivity (Wildman–Crippen MR) is 76.8 cm³/mol. The molecule has 0 aliphatic heterocycles. The molecule has 0 saturated heterocycles. The van der Waals surface area contributed by atoms with E-state index in [1.54, 1.807) is 19.1 Å². The SMILES string of the molecule is COc1ccc(S(=O)(=O)NC2CCC(C(=O)O)C2)cc1C. The lowest BCUT2D eigenvalue weighted by Crippen LogP contribution is -2.33. The third-order valence-electron chi connectivity index (χ3n) is 3.78. The highest BCUT2D eigenvalue weighted by atomic mass is 32.2. The van der Waals surface area contributed by atoms with Gasteiger partial charge in [-0.3, -0.25) is 4.79 Å². The summed E-state index contributed by atoms with van der Waals surface area (Å²) < 4.78 is 32.3. The standard InChI is InChI=1S/C14H19NO5S/c1-9-7-12(5-6-13(9)20-2)21(18,19)15-11-4-3-10(8-11)14(16)17/h5-7,10-11,15H,3-4,8H2,1-2H3,(H,16,17). The molecule has 0 bridgehead atoms. The first-order valence-electron chi connectivity index (χ1n) is 6.73. The van der Waals surface area contributed by atoms with Gasteiger partial charge < -0.3 is 9.84 Å².